The van der Waals surface area contributed by atoms with Crippen LogP contribution >= 0.6 is 0 Å². The summed E-state index contributed by atoms with van der Waals surface area (Å²) in [6.07, 6.45) is 12.5. The molecule has 0 aliphatic heterocycles. The molecule has 0 amide bonds. The first-order valence-corrected chi connectivity index (χ1v) is 15.3. The van der Waals surface area contributed by atoms with Gasteiger partial charge in [-0.15, -0.1) is 0 Å². The average Bonchev–Trinajstić information content (AvgIpc) is 2.95. The molecule has 2 rings (SSSR count). The molecule has 0 atom stereocenters. The number of hydrogen-bond acceptors (Lipinski definition) is 10. The van der Waals surface area contributed by atoms with E-state index >= 15 is 0 Å². The normalized spacial score (nSPS) is 10.2. The van der Waals surface area contributed by atoms with E-state index in [9.17, 15) is 22.6 Å². The number of carbonyl (C=O) groups is 2. The topological polar surface area (TPSA) is 159 Å². The van der Waals surface area contributed by atoms with Crippen LogP contribution in [0.3, 0.4) is 0 Å². The van der Waals surface area contributed by atoms with Gasteiger partial charge in [0.2, 0.25) is 10.4 Å². The van der Waals surface area contributed by atoms with E-state index in [1.54, 1.807) is 0 Å². The standard InChI is InChI=1S/C12H26O4S.C10H12O3.C8H8O3.Na/c1-2-3-4-5-6-7-8-9-10-11-12-16-17(13,14)15;1-2-7-13-10(12)8-3-5-9(11)6-4-8;1-11-8(10)6-2-4-7(9)5-3-6;/h2-12H2,1H3,(H,13,14,15);3-6,11H,2,7H2,1H3;2-5,9H,1H3;/q;;;+1/p-1. The molecule has 0 aromatic heterocycles. The van der Waals surface area contributed by atoms with E-state index < -0.39 is 16.4 Å². The molecule has 42 heavy (non-hydrogen) atoms. The molecule has 2 aromatic carbocycles. The molecule has 2 aromatic rings. The van der Waals surface area contributed by atoms with Crippen LogP contribution in [0.2, 0.25) is 0 Å². The van der Waals surface area contributed by atoms with Gasteiger partial charge in [-0.05, 0) is 61.4 Å². The molecule has 232 valence electrons. The fourth-order valence-corrected chi connectivity index (χ4v) is 3.66. The largest absolute Gasteiger partial charge is 1.00 e. The van der Waals surface area contributed by atoms with Crippen molar-refractivity contribution in [3.05, 3.63) is 59.7 Å². The van der Waals surface area contributed by atoms with Crippen LogP contribution in [0.15, 0.2) is 48.5 Å². The van der Waals surface area contributed by atoms with Crippen molar-refractivity contribution in [3.63, 3.8) is 0 Å². The molecule has 2 N–H and O–H groups in total. The summed E-state index contributed by atoms with van der Waals surface area (Å²) in [5.41, 5.74) is 0.900. The Morgan fingerprint density at radius 2 is 1.07 bits per heavy atom. The van der Waals surface area contributed by atoms with Crippen molar-refractivity contribution in [1.82, 2.24) is 0 Å². The third kappa shape index (κ3) is 24.4. The summed E-state index contributed by atoms with van der Waals surface area (Å²) >= 11 is 0. The van der Waals surface area contributed by atoms with Crippen LogP contribution in [0.1, 0.15) is 105 Å². The van der Waals surface area contributed by atoms with Gasteiger partial charge in [0.15, 0.2) is 0 Å². The molecule has 0 aliphatic carbocycles. The number of rotatable bonds is 16. The number of benzene rings is 2. The molecule has 0 saturated carbocycles. The second-order valence-corrected chi connectivity index (χ2v) is 10.2. The maximum Gasteiger partial charge on any atom is 1.00 e. The van der Waals surface area contributed by atoms with Crippen molar-refractivity contribution < 1.29 is 76.0 Å². The number of phenols is 2. The van der Waals surface area contributed by atoms with Crippen LogP contribution in [-0.2, 0) is 24.1 Å². The summed E-state index contributed by atoms with van der Waals surface area (Å²) in [4.78, 5) is 22.0. The summed E-state index contributed by atoms with van der Waals surface area (Å²) in [7, 11) is -3.17. The molecule has 0 saturated heterocycles. The van der Waals surface area contributed by atoms with Crippen LogP contribution < -0.4 is 29.6 Å². The summed E-state index contributed by atoms with van der Waals surface area (Å²) in [6.45, 7) is 4.61. The molecule has 10 nitrogen and oxygen atoms in total. The summed E-state index contributed by atoms with van der Waals surface area (Å²) in [5, 5.41) is 17.8. The molecular formula is C30H45NaO10S. The molecule has 0 fully saturated rings. The van der Waals surface area contributed by atoms with Gasteiger partial charge in [-0.3, -0.25) is 4.18 Å². The Morgan fingerprint density at radius 1 is 0.667 bits per heavy atom. The van der Waals surface area contributed by atoms with Gasteiger partial charge in [0, 0.05) is 0 Å². The number of esters is 2. The van der Waals surface area contributed by atoms with E-state index in [1.165, 1.54) is 101 Å². The number of methoxy groups -OCH3 is 1. The van der Waals surface area contributed by atoms with E-state index in [2.05, 4.69) is 15.8 Å². The predicted molar refractivity (Wildman–Crippen MR) is 156 cm³/mol. The SMILES string of the molecule is CCCCCCCCCCCCOS(=O)(=O)[O-].CCCOC(=O)c1ccc(O)cc1.COC(=O)c1ccc(O)cc1.[Na+]. The van der Waals surface area contributed by atoms with Crippen molar-refractivity contribution in [2.24, 2.45) is 0 Å². The molecule has 0 heterocycles. The Bertz CT molecular complexity index is 1060. The third-order valence-electron chi connectivity index (χ3n) is 5.55. The first-order valence-electron chi connectivity index (χ1n) is 14.0. The molecule has 0 unspecified atom stereocenters. The maximum atomic E-state index is 11.2. The number of unbranched alkanes of at least 4 members (excludes halogenated alkanes) is 9. The monoisotopic (exact) mass is 620 g/mol. The molecule has 0 aliphatic rings. The van der Waals surface area contributed by atoms with Crippen molar-refractivity contribution in [2.75, 3.05) is 20.3 Å². The van der Waals surface area contributed by atoms with E-state index in [0.717, 1.165) is 19.3 Å². The number of ether oxygens (including phenoxy) is 2. The third-order valence-corrected chi connectivity index (χ3v) is 6.01. The fraction of sp³-hybridized carbons (Fsp3) is 0.533. The quantitative estimate of drug-likeness (QED) is 0.0935. The molecule has 0 radical (unpaired) electrons. The van der Waals surface area contributed by atoms with Gasteiger partial charge in [0.1, 0.15) is 11.5 Å². The van der Waals surface area contributed by atoms with Gasteiger partial charge in [0.25, 0.3) is 0 Å². The van der Waals surface area contributed by atoms with Gasteiger partial charge >= 0.3 is 41.5 Å². The fourth-order valence-electron chi connectivity index (χ4n) is 3.34. The molecule has 0 spiro atoms. The molecule has 12 heteroatoms. The Labute approximate surface area is 273 Å². The van der Waals surface area contributed by atoms with Crippen LogP contribution in [-0.4, -0.2) is 55.4 Å². The first kappa shape index (κ1) is 42.0. The number of phenolic OH excluding ortho intramolecular Hbond substituents is 2. The van der Waals surface area contributed by atoms with Gasteiger partial charge in [-0.2, -0.15) is 0 Å². The van der Waals surface area contributed by atoms with Crippen LogP contribution in [0, 0.1) is 0 Å². The van der Waals surface area contributed by atoms with Gasteiger partial charge in [-0.1, -0.05) is 71.6 Å². The predicted octanol–water partition coefficient (Wildman–Crippen LogP) is 3.53. The summed E-state index contributed by atoms with van der Waals surface area (Å²) in [5.74, 6) is -0.462. The smallest absolute Gasteiger partial charge is 0.726 e. The van der Waals surface area contributed by atoms with Gasteiger partial charge < -0.3 is 24.2 Å². The minimum absolute atomic E-state index is 0. The first-order chi connectivity index (χ1) is 19.5. The molecule has 0 bridgehead atoms. The molecular weight excluding hydrogens is 575 g/mol. The van der Waals surface area contributed by atoms with E-state index in [1.807, 2.05) is 6.92 Å². The minimum Gasteiger partial charge on any atom is -0.726 e. The van der Waals surface area contributed by atoms with Gasteiger partial charge in [-0.25, -0.2) is 18.0 Å². The second kappa shape index (κ2) is 26.5. The maximum absolute atomic E-state index is 11.2. The van der Waals surface area contributed by atoms with E-state index in [4.69, 9.17) is 14.9 Å². The average molecular weight is 621 g/mol. The Balaban J connectivity index is 0. The van der Waals surface area contributed by atoms with Crippen molar-refractivity contribution >= 4 is 22.3 Å². The van der Waals surface area contributed by atoms with Gasteiger partial charge in [0.05, 0.1) is 31.5 Å². The number of aromatic hydroxyl groups is 2. The van der Waals surface area contributed by atoms with Crippen molar-refractivity contribution in [1.29, 1.82) is 0 Å². The Morgan fingerprint density at radius 3 is 1.45 bits per heavy atom. The van der Waals surface area contributed by atoms with Crippen LogP contribution in [0.5, 0.6) is 11.5 Å². The van der Waals surface area contributed by atoms with E-state index in [0.29, 0.717) is 24.2 Å². The zero-order valence-electron chi connectivity index (χ0n) is 25.4. The zero-order chi connectivity index (χ0) is 30.9. The Hall–Kier alpha value is -2.15. The zero-order valence-corrected chi connectivity index (χ0v) is 28.2. The van der Waals surface area contributed by atoms with E-state index in [-0.39, 0.29) is 53.6 Å². The van der Waals surface area contributed by atoms with Crippen LogP contribution in [0.4, 0.5) is 0 Å². The number of carbonyl (C=O) groups excluding carboxylic acids is 2. The Kier molecular flexibility index (Phi) is 26.5. The number of hydrogen-bond donors (Lipinski definition) is 2. The van der Waals surface area contributed by atoms with Crippen molar-refractivity contribution in [3.8, 4) is 11.5 Å². The van der Waals surface area contributed by atoms with Crippen molar-refractivity contribution in [2.45, 2.75) is 84.5 Å². The second-order valence-electron chi connectivity index (χ2n) is 9.13. The van der Waals surface area contributed by atoms with Crippen LogP contribution in [0.25, 0.3) is 0 Å². The minimum atomic E-state index is -4.48. The summed E-state index contributed by atoms with van der Waals surface area (Å²) in [6, 6.07) is 11.9. The summed E-state index contributed by atoms with van der Waals surface area (Å²) < 4.78 is 43.8.